The van der Waals surface area contributed by atoms with Crippen LogP contribution in [0.25, 0.3) is 0 Å². The number of amides is 2. The monoisotopic (exact) mass is 508 g/mol. The zero-order valence-corrected chi connectivity index (χ0v) is 21.2. The molecular weight excluding hydrogens is 480 g/mol. The number of benzene rings is 1. The normalized spacial score (nSPS) is 12.1. The van der Waals surface area contributed by atoms with Gasteiger partial charge in [-0.25, -0.2) is 0 Å². The topological polar surface area (TPSA) is 110 Å². The standard InChI is InChI=1S/C25H28N6O2S2/c1-4-9-18(5-2)15-20(32)26-24-30-28-22(34-24)13-12-17(3)14-23-29-31-25(35-23)27-21(33)16-19-10-7-6-8-11-19/h4-11,17H,1-2,12-16H2,3H3,(H,26,30,32)(H,27,31,33). The lowest BCUT2D eigenvalue weighted by molar-refractivity contribution is -0.116. The van der Waals surface area contributed by atoms with Crippen molar-refractivity contribution in [2.24, 2.45) is 5.92 Å². The van der Waals surface area contributed by atoms with Crippen molar-refractivity contribution < 1.29 is 9.59 Å². The number of hydrogen-bond donors (Lipinski definition) is 2. The number of allylic oxidation sites excluding steroid dienone is 3. The van der Waals surface area contributed by atoms with Crippen LogP contribution in [0.1, 0.15) is 35.3 Å². The first-order valence-corrected chi connectivity index (χ1v) is 12.8. The Balaban J connectivity index is 1.41. The Kier molecular flexibility index (Phi) is 10.00. The lowest BCUT2D eigenvalue weighted by Gasteiger charge is -2.06. The predicted octanol–water partition coefficient (Wildman–Crippen LogP) is 5.01. The van der Waals surface area contributed by atoms with Crippen LogP contribution >= 0.6 is 22.7 Å². The number of carbonyl (C=O) groups is 2. The van der Waals surface area contributed by atoms with E-state index in [2.05, 4.69) is 51.1 Å². The van der Waals surface area contributed by atoms with Crippen LogP contribution in [0.15, 0.2) is 67.3 Å². The smallest absolute Gasteiger partial charge is 0.230 e. The zero-order valence-electron chi connectivity index (χ0n) is 19.6. The molecule has 0 saturated heterocycles. The number of aryl methyl sites for hydroxylation is 1. The second-order valence-corrected chi connectivity index (χ2v) is 10.1. The number of anilines is 2. The van der Waals surface area contributed by atoms with Gasteiger partial charge in [-0.05, 0) is 23.5 Å². The first kappa shape index (κ1) is 26.1. The minimum Gasteiger partial charge on any atom is -0.300 e. The van der Waals surface area contributed by atoms with Crippen molar-refractivity contribution in [3.05, 3.63) is 82.9 Å². The summed E-state index contributed by atoms with van der Waals surface area (Å²) in [6.45, 7) is 9.47. The highest BCUT2D eigenvalue weighted by molar-refractivity contribution is 7.15. The van der Waals surface area contributed by atoms with Gasteiger partial charge < -0.3 is 10.6 Å². The predicted molar refractivity (Wildman–Crippen MR) is 142 cm³/mol. The molecule has 8 nitrogen and oxygen atoms in total. The molecule has 3 aromatic rings. The Morgan fingerprint density at radius 3 is 2.31 bits per heavy atom. The van der Waals surface area contributed by atoms with Gasteiger partial charge in [0.05, 0.1) is 12.8 Å². The number of aromatic nitrogens is 4. The van der Waals surface area contributed by atoms with Gasteiger partial charge in [-0.2, -0.15) is 0 Å². The van der Waals surface area contributed by atoms with Crippen molar-refractivity contribution in [3.8, 4) is 0 Å². The Labute approximate surface area is 212 Å². The van der Waals surface area contributed by atoms with Crippen LogP contribution in [0.3, 0.4) is 0 Å². The van der Waals surface area contributed by atoms with E-state index in [0.717, 1.165) is 40.4 Å². The van der Waals surface area contributed by atoms with Crippen LogP contribution in [0.2, 0.25) is 0 Å². The summed E-state index contributed by atoms with van der Waals surface area (Å²) in [5.74, 6) is 0.0671. The fourth-order valence-electron chi connectivity index (χ4n) is 3.21. The first-order chi connectivity index (χ1) is 16.9. The fraction of sp³-hybridized carbons (Fsp3) is 0.280. The van der Waals surface area contributed by atoms with E-state index in [4.69, 9.17) is 0 Å². The van der Waals surface area contributed by atoms with Gasteiger partial charge in [-0.1, -0.05) is 91.3 Å². The van der Waals surface area contributed by atoms with Gasteiger partial charge in [0.15, 0.2) is 0 Å². The Bertz CT molecular complexity index is 1190. The molecular formula is C25H28N6O2S2. The van der Waals surface area contributed by atoms with Crippen LogP contribution in [-0.2, 0) is 28.9 Å². The summed E-state index contributed by atoms with van der Waals surface area (Å²) < 4.78 is 0. The zero-order chi connectivity index (χ0) is 25.0. The number of rotatable bonds is 13. The van der Waals surface area contributed by atoms with E-state index in [0.29, 0.717) is 22.6 Å². The Morgan fingerprint density at radius 2 is 1.63 bits per heavy atom. The summed E-state index contributed by atoms with van der Waals surface area (Å²) in [7, 11) is 0. The molecule has 0 radical (unpaired) electrons. The molecule has 2 heterocycles. The van der Waals surface area contributed by atoms with Crippen molar-refractivity contribution >= 4 is 44.8 Å². The van der Waals surface area contributed by atoms with Crippen LogP contribution < -0.4 is 10.6 Å². The minimum atomic E-state index is -0.169. The van der Waals surface area contributed by atoms with Crippen molar-refractivity contribution in [2.45, 2.75) is 39.0 Å². The third kappa shape index (κ3) is 8.99. The van der Waals surface area contributed by atoms with E-state index in [1.54, 1.807) is 18.2 Å². The van der Waals surface area contributed by atoms with Crippen LogP contribution in [0.5, 0.6) is 0 Å². The lowest BCUT2D eigenvalue weighted by atomic mass is 10.0. The molecule has 1 unspecified atom stereocenters. The highest BCUT2D eigenvalue weighted by atomic mass is 32.1. The van der Waals surface area contributed by atoms with Gasteiger partial charge in [0.1, 0.15) is 10.0 Å². The lowest BCUT2D eigenvalue weighted by Crippen LogP contribution is -2.14. The molecule has 2 aromatic heterocycles. The fourth-order valence-corrected chi connectivity index (χ4v) is 4.90. The van der Waals surface area contributed by atoms with Gasteiger partial charge >= 0.3 is 0 Å². The molecule has 0 spiro atoms. The summed E-state index contributed by atoms with van der Waals surface area (Å²) in [4.78, 5) is 24.4. The maximum atomic E-state index is 12.2. The van der Waals surface area contributed by atoms with Gasteiger partial charge in [-0.3, -0.25) is 9.59 Å². The third-order valence-corrected chi connectivity index (χ3v) is 6.73. The molecule has 182 valence electrons. The summed E-state index contributed by atoms with van der Waals surface area (Å²) in [5, 5.41) is 24.9. The summed E-state index contributed by atoms with van der Waals surface area (Å²) >= 11 is 2.77. The van der Waals surface area contributed by atoms with E-state index >= 15 is 0 Å². The van der Waals surface area contributed by atoms with Crippen LogP contribution in [0, 0.1) is 5.92 Å². The van der Waals surface area contributed by atoms with E-state index in [-0.39, 0.29) is 18.2 Å². The molecule has 1 atom stereocenters. The average molecular weight is 509 g/mol. The second kappa shape index (κ2) is 13.4. The van der Waals surface area contributed by atoms with Crippen LogP contribution in [-0.4, -0.2) is 32.2 Å². The van der Waals surface area contributed by atoms with Gasteiger partial charge in [0, 0.05) is 12.8 Å². The molecule has 0 saturated carbocycles. The van der Waals surface area contributed by atoms with Gasteiger partial charge in [0.25, 0.3) is 0 Å². The highest BCUT2D eigenvalue weighted by Crippen LogP contribution is 2.23. The first-order valence-electron chi connectivity index (χ1n) is 11.2. The molecule has 0 aliphatic carbocycles. The van der Waals surface area contributed by atoms with Crippen molar-refractivity contribution in [2.75, 3.05) is 10.6 Å². The Hall–Kier alpha value is -3.50. The van der Waals surface area contributed by atoms with Gasteiger partial charge in [0.2, 0.25) is 22.1 Å². The summed E-state index contributed by atoms with van der Waals surface area (Å²) in [6.07, 6.45) is 7.92. The number of carbonyl (C=O) groups excluding carboxylic acids is 2. The molecule has 2 N–H and O–H groups in total. The largest absolute Gasteiger partial charge is 0.300 e. The minimum absolute atomic E-state index is 0.108. The molecule has 0 aliphatic rings. The molecule has 0 fully saturated rings. The van der Waals surface area contributed by atoms with E-state index < -0.39 is 0 Å². The summed E-state index contributed by atoms with van der Waals surface area (Å²) in [6, 6.07) is 9.58. The maximum Gasteiger partial charge on any atom is 0.230 e. The molecule has 2 amide bonds. The Morgan fingerprint density at radius 1 is 0.971 bits per heavy atom. The third-order valence-electron chi connectivity index (χ3n) is 4.97. The number of nitrogens with zero attached hydrogens (tertiary/aromatic N) is 4. The van der Waals surface area contributed by atoms with Crippen LogP contribution in [0.4, 0.5) is 10.3 Å². The number of hydrogen-bond acceptors (Lipinski definition) is 8. The molecule has 0 bridgehead atoms. The van der Waals surface area contributed by atoms with E-state index in [9.17, 15) is 9.59 Å². The highest BCUT2D eigenvalue weighted by Gasteiger charge is 2.14. The van der Waals surface area contributed by atoms with E-state index in [1.165, 1.54) is 22.7 Å². The molecule has 35 heavy (non-hydrogen) atoms. The molecule has 0 aliphatic heterocycles. The van der Waals surface area contributed by atoms with Crippen molar-refractivity contribution in [3.63, 3.8) is 0 Å². The van der Waals surface area contributed by atoms with Crippen molar-refractivity contribution in [1.82, 2.24) is 20.4 Å². The maximum absolute atomic E-state index is 12.2. The average Bonchev–Trinajstić information content (AvgIpc) is 3.47. The van der Waals surface area contributed by atoms with Crippen molar-refractivity contribution in [1.29, 1.82) is 0 Å². The SMILES string of the molecule is C=CC=C(C=C)CC(=O)Nc1nnc(CCC(C)Cc2nnc(NC(=O)Cc3ccccc3)s2)s1. The molecule has 3 rings (SSSR count). The quantitative estimate of drug-likeness (QED) is 0.314. The summed E-state index contributed by atoms with van der Waals surface area (Å²) in [5.41, 5.74) is 1.74. The number of nitrogens with one attached hydrogen (secondary N) is 2. The second-order valence-electron chi connectivity index (χ2n) is 7.97. The molecule has 10 heteroatoms. The molecule has 1 aromatic carbocycles. The van der Waals surface area contributed by atoms with Gasteiger partial charge in [-0.15, -0.1) is 20.4 Å². The van der Waals surface area contributed by atoms with E-state index in [1.807, 2.05) is 30.3 Å².